The van der Waals surface area contributed by atoms with Gasteiger partial charge in [-0.2, -0.15) is 0 Å². The number of hydrogen-bond donors (Lipinski definition) is 0. The lowest BCUT2D eigenvalue weighted by molar-refractivity contribution is -0.0878. The van der Waals surface area contributed by atoms with Gasteiger partial charge in [-0.1, -0.05) is 80.5 Å². The maximum atomic E-state index is 7.29. The van der Waals surface area contributed by atoms with Crippen molar-refractivity contribution in [2.45, 2.75) is 116 Å². The summed E-state index contributed by atoms with van der Waals surface area (Å²) in [6.45, 7) is 31.4. The first kappa shape index (κ1) is 35.1. The highest BCUT2D eigenvalue weighted by Gasteiger charge is 2.48. The molecule has 2 atom stereocenters. The summed E-state index contributed by atoms with van der Waals surface area (Å²) in [5.41, 5.74) is 2.60. The molecule has 1 aromatic rings. The molecule has 0 saturated carbocycles. The zero-order valence-electron chi connectivity index (χ0n) is 26.6. The second-order valence-electron chi connectivity index (χ2n) is 13.0. The van der Waals surface area contributed by atoms with Gasteiger partial charge in [0.25, 0.3) is 0 Å². The van der Waals surface area contributed by atoms with Gasteiger partial charge in [0.05, 0.1) is 26.4 Å². The van der Waals surface area contributed by atoms with Crippen molar-refractivity contribution in [2.24, 2.45) is 5.92 Å². The molecule has 0 aliphatic heterocycles. The van der Waals surface area contributed by atoms with Gasteiger partial charge in [-0.3, -0.25) is 0 Å². The molecule has 220 valence electrons. The lowest BCUT2D eigenvalue weighted by Gasteiger charge is -2.46. The average molecular weight is 567 g/mol. The number of benzene rings is 1. The van der Waals surface area contributed by atoms with Crippen LogP contribution in [0.25, 0.3) is 0 Å². The SMILES string of the molecule is C=CC[C@@H](O[Si](C(C)C)(C(C)C)C(C)C)[C@@H](COCOCc1ccc(OC)cc1)CO[Si](C)(C)C(C)(C)C. The predicted octanol–water partition coefficient (Wildman–Crippen LogP) is 8.96. The van der Waals surface area contributed by atoms with E-state index in [0.717, 1.165) is 17.7 Å². The monoisotopic (exact) mass is 566 g/mol. The van der Waals surface area contributed by atoms with Gasteiger partial charge >= 0.3 is 0 Å². The highest BCUT2D eigenvalue weighted by molar-refractivity contribution is 6.77. The van der Waals surface area contributed by atoms with Crippen LogP contribution in [0.15, 0.2) is 36.9 Å². The lowest BCUT2D eigenvalue weighted by atomic mass is 10.0. The van der Waals surface area contributed by atoms with Gasteiger partial charge in [0.15, 0.2) is 8.32 Å². The summed E-state index contributed by atoms with van der Waals surface area (Å²) in [5, 5.41) is 0.140. The van der Waals surface area contributed by atoms with Gasteiger partial charge < -0.3 is 23.1 Å². The van der Waals surface area contributed by atoms with Crippen molar-refractivity contribution in [3.63, 3.8) is 0 Å². The van der Waals surface area contributed by atoms with E-state index in [0.29, 0.717) is 36.4 Å². The number of rotatable bonds is 18. The van der Waals surface area contributed by atoms with Crippen LogP contribution in [-0.4, -0.2) is 49.9 Å². The van der Waals surface area contributed by atoms with Crippen LogP contribution in [-0.2, 0) is 24.9 Å². The van der Waals surface area contributed by atoms with Gasteiger partial charge in [-0.05, 0) is 58.9 Å². The molecule has 0 fully saturated rings. The Labute approximate surface area is 236 Å². The minimum absolute atomic E-state index is 0.00211. The van der Waals surface area contributed by atoms with Gasteiger partial charge in [0.2, 0.25) is 8.32 Å². The van der Waals surface area contributed by atoms with E-state index in [4.69, 9.17) is 23.1 Å². The van der Waals surface area contributed by atoms with Crippen LogP contribution in [0.4, 0.5) is 0 Å². The molecule has 0 aromatic heterocycles. The lowest BCUT2D eigenvalue weighted by Crippen LogP contribution is -2.53. The Morgan fingerprint density at radius 2 is 1.42 bits per heavy atom. The number of methoxy groups -OCH3 is 1. The van der Waals surface area contributed by atoms with E-state index in [1.54, 1.807) is 7.11 Å². The molecule has 1 rings (SSSR count). The maximum Gasteiger partial charge on any atom is 0.200 e. The number of ether oxygens (including phenoxy) is 3. The zero-order valence-corrected chi connectivity index (χ0v) is 28.6. The molecular formula is C31H58O5Si2. The third-order valence-electron chi connectivity index (χ3n) is 8.38. The molecule has 0 N–H and O–H groups in total. The van der Waals surface area contributed by atoms with E-state index in [1.165, 1.54) is 0 Å². The number of hydrogen-bond acceptors (Lipinski definition) is 5. The third-order valence-corrected chi connectivity index (χ3v) is 19.0. The first-order valence-corrected chi connectivity index (χ1v) is 19.4. The van der Waals surface area contributed by atoms with E-state index in [-0.39, 0.29) is 23.9 Å². The van der Waals surface area contributed by atoms with Crippen molar-refractivity contribution in [1.29, 1.82) is 0 Å². The summed E-state index contributed by atoms with van der Waals surface area (Å²) >= 11 is 0. The van der Waals surface area contributed by atoms with Crippen LogP contribution in [0.5, 0.6) is 5.75 Å². The highest BCUT2D eigenvalue weighted by atomic mass is 28.4. The molecule has 0 bridgehead atoms. The van der Waals surface area contributed by atoms with Crippen molar-refractivity contribution in [3.8, 4) is 5.75 Å². The Kier molecular flexibility index (Phi) is 14.5. The molecule has 0 heterocycles. The van der Waals surface area contributed by atoms with Crippen LogP contribution in [0, 0.1) is 5.92 Å². The summed E-state index contributed by atoms with van der Waals surface area (Å²) in [6, 6.07) is 7.91. The fourth-order valence-electron chi connectivity index (χ4n) is 5.11. The predicted molar refractivity (Wildman–Crippen MR) is 166 cm³/mol. The summed E-state index contributed by atoms with van der Waals surface area (Å²) in [7, 11) is -2.36. The average Bonchev–Trinajstić information content (AvgIpc) is 2.82. The molecule has 0 radical (unpaired) electrons. The highest BCUT2D eigenvalue weighted by Crippen LogP contribution is 2.44. The molecule has 7 heteroatoms. The molecule has 38 heavy (non-hydrogen) atoms. The van der Waals surface area contributed by atoms with E-state index in [2.05, 4.69) is 82.0 Å². The summed E-state index contributed by atoms with van der Waals surface area (Å²) in [5.74, 6) is 0.932. The minimum Gasteiger partial charge on any atom is -0.497 e. The quantitative estimate of drug-likeness (QED) is 0.0768. The zero-order chi connectivity index (χ0) is 29.1. The van der Waals surface area contributed by atoms with Crippen molar-refractivity contribution < 1.29 is 23.1 Å². The van der Waals surface area contributed by atoms with Crippen LogP contribution >= 0.6 is 0 Å². The van der Waals surface area contributed by atoms with Crippen molar-refractivity contribution in [1.82, 2.24) is 0 Å². The second kappa shape index (κ2) is 15.7. The van der Waals surface area contributed by atoms with E-state index in [9.17, 15) is 0 Å². The van der Waals surface area contributed by atoms with E-state index >= 15 is 0 Å². The van der Waals surface area contributed by atoms with Gasteiger partial charge in [-0.25, -0.2) is 0 Å². The molecule has 1 aromatic carbocycles. The first-order chi connectivity index (χ1) is 17.6. The van der Waals surface area contributed by atoms with Gasteiger partial charge in [0.1, 0.15) is 12.5 Å². The molecule has 0 saturated heterocycles. The molecular weight excluding hydrogens is 509 g/mol. The Hall–Kier alpha value is -0.966. The normalized spacial score (nSPS) is 14.8. The van der Waals surface area contributed by atoms with Crippen molar-refractivity contribution >= 4 is 16.6 Å². The topological polar surface area (TPSA) is 46.2 Å². The van der Waals surface area contributed by atoms with Crippen LogP contribution in [0.3, 0.4) is 0 Å². The molecule has 0 unspecified atom stereocenters. The molecule has 0 aliphatic carbocycles. The van der Waals surface area contributed by atoms with E-state index < -0.39 is 16.6 Å². The van der Waals surface area contributed by atoms with Crippen LogP contribution in [0.2, 0.25) is 34.8 Å². The van der Waals surface area contributed by atoms with Gasteiger partial charge in [-0.15, -0.1) is 6.58 Å². The Morgan fingerprint density at radius 1 is 0.868 bits per heavy atom. The fourth-order valence-corrected chi connectivity index (χ4v) is 11.8. The smallest absolute Gasteiger partial charge is 0.200 e. The Balaban J connectivity index is 3.05. The van der Waals surface area contributed by atoms with Crippen LogP contribution < -0.4 is 4.74 Å². The Morgan fingerprint density at radius 3 is 1.87 bits per heavy atom. The largest absolute Gasteiger partial charge is 0.497 e. The maximum absolute atomic E-state index is 7.29. The molecule has 0 spiro atoms. The summed E-state index contributed by atoms with van der Waals surface area (Å²) < 4.78 is 31.2. The first-order valence-electron chi connectivity index (χ1n) is 14.3. The summed E-state index contributed by atoms with van der Waals surface area (Å²) in [4.78, 5) is 0. The van der Waals surface area contributed by atoms with Crippen molar-refractivity contribution in [3.05, 3.63) is 42.5 Å². The van der Waals surface area contributed by atoms with E-state index in [1.807, 2.05) is 30.3 Å². The minimum atomic E-state index is -2.10. The van der Waals surface area contributed by atoms with Crippen LogP contribution in [0.1, 0.15) is 74.3 Å². The molecule has 0 aliphatic rings. The Bertz CT molecular complexity index is 778. The fraction of sp³-hybridized carbons (Fsp3) is 0.742. The molecule has 0 amide bonds. The molecule has 5 nitrogen and oxygen atoms in total. The van der Waals surface area contributed by atoms with Crippen molar-refractivity contribution in [2.75, 3.05) is 27.1 Å². The second-order valence-corrected chi connectivity index (χ2v) is 23.2. The standard InChI is InChI=1S/C31H58O5Si2/c1-14-15-30(36-38(24(2)3,25(4)5)26(6)7)28(22-35-37(12,13)31(8,9)10)21-34-23-33-20-27-16-18-29(32-11)19-17-27/h14,16-19,24-26,28,30H,1,15,20-23H2,2-13H3/t28-,30+/m0/s1. The van der Waals surface area contributed by atoms with Gasteiger partial charge in [0, 0.05) is 12.5 Å². The summed E-state index contributed by atoms with van der Waals surface area (Å²) in [6.07, 6.45) is 2.77. The third kappa shape index (κ3) is 9.90.